The molecular formula is C18H31F3N4O6S. The zero-order valence-electron chi connectivity index (χ0n) is 18.5. The smallest absolute Gasteiger partial charge is 0.475 e. The number of likely N-dealkylation sites (N-methyl/N-ethyl adjacent to an activating group) is 1. The van der Waals surface area contributed by atoms with Crippen LogP contribution in [0.1, 0.15) is 20.3 Å². The number of carboxylic acid groups (broad SMARTS) is 1. The molecule has 10 nitrogen and oxygen atoms in total. The zero-order chi connectivity index (χ0) is 24.9. The Hall–Kier alpha value is -2.09. The van der Waals surface area contributed by atoms with Crippen molar-refractivity contribution in [3.63, 3.8) is 0 Å². The highest BCUT2D eigenvalue weighted by molar-refractivity contribution is 7.92. The fraction of sp³-hybridized carbons (Fsp3) is 0.833. The highest BCUT2D eigenvalue weighted by Gasteiger charge is 2.51. The van der Waals surface area contributed by atoms with Crippen LogP contribution in [0.2, 0.25) is 0 Å². The topological polar surface area (TPSA) is 136 Å². The van der Waals surface area contributed by atoms with Gasteiger partial charge in [-0.05, 0) is 34.4 Å². The average Bonchev–Trinajstić information content (AvgIpc) is 3.07. The monoisotopic (exact) mass is 488 g/mol. The second kappa shape index (κ2) is 11.2. The van der Waals surface area contributed by atoms with E-state index in [1.807, 2.05) is 32.8 Å². The van der Waals surface area contributed by atoms with E-state index >= 15 is 0 Å². The Morgan fingerprint density at radius 1 is 1.19 bits per heavy atom. The summed E-state index contributed by atoms with van der Waals surface area (Å²) in [7, 11) is 0.591. The van der Waals surface area contributed by atoms with Gasteiger partial charge >= 0.3 is 18.2 Å². The van der Waals surface area contributed by atoms with Gasteiger partial charge in [0.25, 0.3) is 0 Å². The van der Waals surface area contributed by atoms with E-state index in [1.165, 1.54) is 4.90 Å². The van der Waals surface area contributed by atoms with Crippen molar-refractivity contribution in [2.75, 3.05) is 46.0 Å². The summed E-state index contributed by atoms with van der Waals surface area (Å²) in [4.78, 5) is 37.2. The maximum atomic E-state index is 12.5. The second-order valence-corrected chi connectivity index (χ2v) is 10.7. The van der Waals surface area contributed by atoms with Gasteiger partial charge < -0.3 is 25.5 Å². The number of carbonyl (C=O) groups excluding carboxylic acids is 2. The number of aliphatic carboxylic acids is 1. The van der Waals surface area contributed by atoms with Crippen molar-refractivity contribution in [2.45, 2.75) is 37.7 Å². The number of carbonyl (C=O) groups is 3. The van der Waals surface area contributed by atoms with Crippen molar-refractivity contribution in [1.29, 1.82) is 0 Å². The number of alkyl halides is 3. The normalized spacial score (nSPS) is 24.4. The van der Waals surface area contributed by atoms with E-state index in [0.717, 1.165) is 6.54 Å². The average molecular weight is 489 g/mol. The van der Waals surface area contributed by atoms with Crippen molar-refractivity contribution in [2.24, 2.45) is 11.8 Å². The number of carboxylic acids is 1. The van der Waals surface area contributed by atoms with Crippen LogP contribution in [0.4, 0.5) is 18.0 Å². The summed E-state index contributed by atoms with van der Waals surface area (Å²) in [6, 6.07) is -0.275. The van der Waals surface area contributed by atoms with E-state index in [-0.39, 0.29) is 42.1 Å². The first-order valence-electron chi connectivity index (χ1n) is 10.1. The molecule has 186 valence electrons. The molecule has 2 rings (SSSR count). The van der Waals surface area contributed by atoms with Crippen LogP contribution in [0.3, 0.4) is 0 Å². The molecule has 14 heteroatoms. The molecule has 0 aromatic heterocycles. The van der Waals surface area contributed by atoms with Gasteiger partial charge in [0.15, 0.2) is 9.84 Å². The number of hydrogen-bond donors (Lipinski definition) is 3. The van der Waals surface area contributed by atoms with Gasteiger partial charge in [0.1, 0.15) is 0 Å². The third-order valence-corrected chi connectivity index (χ3v) is 7.36. The number of amides is 3. The fourth-order valence-electron chi connectivity index (χ4n) is 3.59. The van der Waals surface area contributed by atoms with Crippen LogP contribution in [0.25, 0.3) is 0 Å². The van der Waals surface area contributed by atoms with Crippen LogP contribution in [-0.2, 0) is 19.4 Å². The minimum atomic E-state index is -5.08. The van der Waals surface area contributed by atoms with Crippen molar-refractivity contribution >= 4 is 27.7 Å². The molecule has 32 heavy (non-hydrogen) atoms. The minimum Gasteiger partial charge on any atom is -0.475 e. The molecule has 0 aromatic carbocycles. The molecule has 2 fully saturated rings. The van der Waals surface area contributed by atoms with Crippen LogP contribution in [0, 0.1) is 11.8 Å². The van der Waals surface area contributed by atoms with Gasteiger partial charge in [0, 0.05) is 44.1 Å². The highest BCUT2D eigenvalue weighted by atomic mass is 32.2. The number of nitrogens with one attached hydrogen (secondary N) is 2. The largest absolute Gasteiger partial charge is 0.490 e. The zero-order valence-corrected chi connectivity index (χ0v) is 19.3. The number of sulfone groups is 1. The van der Waals surface area contributed by atoms with Crippen molar-refractivity contribution in [1.82, 2.24) is 20.4 Å². The Morgan fingerprint density at radius 2 is 1.75 bits per heavy atom. The summed E-state index contributed by atoms with van der Waals surface area (Å²) in [6.07, 6.45) is -4.75. The van der Waals surface area contributed by atoms with Crippen LogP contribution >= 0.6 is 0 Å². The molecule has 3 amide bonds. The molecule has 0 unspecified atom stereocenters. The number of urea groups is 1. The van der Waals surface area contributed by atoms with Crippen molar-refractivity contribution in [3.8, 4) is 0 Å². The lowest BCUT2D eigenvalue weighted by Gasteiger charge is -2.31. The van der Waals surface area contributed by atoms with Gasteiger partial charge in [0.2, 0.25) is 5.91 Å². The summed E-state index contributed by atoms with van der Waals surface area (Å²) < 4.78 is 56.6. The summed E-state index contributed by atoms with van der Waals surface area (Å²) in [5.74, 6) is -3.52. The van der Waals surface area contributed by atoms with Crippen LogP contribution in [0.15, 0.2) is 0 Å². The standard InChI is InChI=1S/C16H30N4O4S.C2HF3O2/c1-11(2)18-16(22)20-9-13-12(15(21)17-6-7-19(3)4)5-8-25(23,24)14(13)10-20;3-2(4,5)1(6)7/h11-14H,5-10H2,1-4H3,(H,17,21)(H,18,22);(H,6,7)/t12-,13+,14+;/m0./s1. The van der Waals surface area contributed by atoms with E-state index in [2.05, 4.69) is 10.6 Å². The van der Waals surface area contributed by atoms with Gasteiger partial charge in [-0.15, -0.1) is 0 Å². The van der Waals surface area contributed by atoms with Gasteiger partial charge in [-0.3, -0.25) is 4.79 Å². The summed E-state index contributed by atoms with van der Waals surface area (Å²) >= 11 is 0. The first-order chi connectivity index (χ1) is 14.6. The highest BCUT2D eigenvalue weighted by Crippen LogP contribution is 2.37. The van der Waals surface area contributed by atoms with Gasteiger partial charge in [0.05, 0.1) is 11.0 Å². The maximum Gasteiger partial charge on any atom is 0.490 e. The molecule has 0 saturated carbocycles. The predicted molar refractivity (Wildman–Crippen MR) is 110 cm³/mol. The lowest BCUT2D eigenvalue weighted by molar-refractivity contribution is -0.192. The SMILES string of the molecule is CC(C)NC(=O)N1C[C@@H]2[C@@H](C(=O)NCCN(C)C)CCS(=O)(=O)[C@@H]2C1.O=C(O)C(F)(F)F. The molecular weight excluding hydrogens is 457 g/mol. The third-order valence-electron chi connectivity index (χ3n) is 5.14. The van der Waals surface area contributed by atoms with E-state index in [0.29, 0.717) is 19.5 Å². The Balaban J connectivity index is 0.000000633. The number of likely N-dealkylation sites (tertiary alicyclic amines) is 1. The third kappa shape index (κ3) is 8.11. The fourth-order valence-corrected chi connectivity index (χ4v) is 5.69. The maximum absolute atomic E-state index is 12.5. The number of nitrogens with zero attached hydrogens (tertiary/aromatic N) is 2. The minimum absolute atomic E-state index is 0.0135. The predicted octanol–water partition coefficient (Wildman–Crippen LogP) is 0.151. The van der Waals surface area contributed by atoms with Crippen LogP contribution in [0.5, 0.6) is 0 Å². The van der Waals surface area contributed by atoms with E-state index in [1.54, 1.807) is 0 Å². The van der Waals surface area contributed by atoms with Crippen LogP contribution in [-0.4, -0.2) is 105 Å². The molecule has 2 heterocycles. The van der Waals surface area contributed by atoms with Crippen LogP contribution < -0.4 is 10.6 Å². The first kappa shape index (κ1) is 27.9. The molecule has 0 aromatic rings. The molecule has 0 radical (unpaired) electrons. The summed E-state index contributed by atoms with van der Waals surface area (Å²) in [6.45, 7) is 5.47. The first-order valence-corrected chi connectivity index (χ1v) is 11.8. The van der Waals surface area contributed by atoms with Crippen molar-refractivity contribution in [3.05, 3.63) is 0 Å². The lowest BCUT2D eigenvalue weighted by atomic mass is 9.87. The van der Waals surface area contributed by atoms with Gasteiger partial charge in [-0.25, -0.2) is 18.0 Å². The summed E-state index contributed by atoms with van der Waals surface area (Å²) in [5.41, 5.74) is 0. The van der Waals surface area contributed by atoms with E-state index in [9.17, 15) is 31.2 Å². The quantitative estimate of drug-likeness (QED) is 0.501. The molecule has 2 aliphatic heterocycles. The number of rotatable bonds is 5. The Bertz CT molecular complexity index is 788. The van der Waals surface area contributed by atoms with Crippen molar-refractivity contribution < 1.29 is 41.1 Å². The molecule has 0 aliphatic carbocycles. The summed E-state index contributed by atoms with van der Waals surface area (Å²) in [5, 5.41) is 12.2. The number of fused-ring (bicyclic) bond motifs is 1. The van der Waals surface area contributed by atoms with Gasteiger partial charge in [-0.1, -0.05) is 0 Å². The molecule has 3 N–H and O–H groups in total. The number of halogens is 3. The molecule has 2 aliphatic rings. The number of hydrogen-bond acceptors (Lipinski definition) is 6. The Labute approximate surface area is 185 Å². The van der Waals surface area contributed by atoms with E-state index < -0.39 is 27.2 Å². The van der Waals surface area contributed by atoms with Gasteiger partial charge in [-0.2, -0.15) is 13.2 Å². The van der Waals surface area contributed by atoms with E-state index in [4.69, 9.17) is 9.90 Å². The molecule has 3 atom stereocenters. The second-order valence-electron chi connectivity index (χ2n) is 8.37. The molecule has 2 saturated heterocycles. The lowest BCUT2D eigenvalue weighted by Crippen LogP contribution is -2.47. The Kier molecular flexibility index (Phi) is 9.75. The molecule has 0 spiro atoms. The Morgan fingerprint density at radius 3 is 2.22 bits per heavy atom. The molecule has 0 bridgehead atoms.